The molecule has 0 saturated heterocycles. The first-order chi connectivity index (χ1) is 8.53. The summed E-state index contributed by atoms with van der Waals surface area (Å²) in [5, 5.41) is 16.6. The van der Waals surface area contributed by atoms with E-state index in [1.807, 2.05) is 31.8 Å². The Bertz CT molecular complexity index is 387. The second-order valence-electron chi connectivity index (χ2n) is 5.43. The van der Waals surface area contributed by atoms with Gasteiger partial charge in [0, 0.05) is 26.2 Å². The third-order valence-corrected chi connectivity index (χ3v) is 3.03. The van der Waals surface area contributed by atoms with Crippen LogP contribution in [0.1, 0.15) is 38.8 Å². The normalized spacial score (nSPS) is 11.4. The molecule has 0 unspecified atom stereocenters. The second-order valence-corrected chi connectivity index (χ2v) is 5.43. The Morgan fingerprint density at radius 3 is 2.78 bits per heavy atom. The lowest BCUT2D eigenvalue weighted by molar-refractivity contribution is 0.422. The number of rotatable bonds is 8. The van der Waals surface area contributed by atoms with Gasteiger partial charge >= 0.3 is 0 Å². The lowest BCUT2D eigenvalue weighted by Crippen LogP contribution is -2.19. The van der Waals surface area contributed by atoms with Crippen molar-refractivity contribution < 1.29 is 0 Å². The van der Waals surface area contributed by atoms with Crippen molar-refractivity contribution in [2.45, 2.75) is 39.5 Å². The highest BCUT2D eigenvalue weighted by atomic mass is 15.2. The highest BCUT2D eigenvalue weighted by Gasteiger charge is 2.15. The second kappa shape index (κ2) is 7.17. The monoisotopic (exact) mass is 248 g/mol. The molecule has 100 valence electrons. The van der Waals surface area contributed by atoms with E-state index in [2.05, 4.69) is 22.6 Å². The molecule has 1 rings (SSSR count). The minimum Gasteiger partial charge on any atom is -0.316 e. The predicted octanol–water partition coefficient (Wildman–Crippen LogP) is 2.27. The maximum Gasteiger partial charge on any atom is 0.0683 e. The summed E-state index contributed by atoms with van der Waals surface area (Å²) in [6, 6.07) is 4.39. The van der Waals surface area contributed by atoms with E-state index < -0.39 is 0 Å². The number of hydrogen-bond donors (Lipinski definition) is 1. The van der Waals surface area contributed by atoms with E-state index in [4.69, 9.17) is 5.26 Å². The fourth-order valence-corrected chi connectivity index (χ4v) is 1.81. The van der Waals surface area contributed by atoms with Crippen LogP contribution in [-0.2, 0) is 13.5 Å². The number of nitriles is 1. The Balaban J connectivity index is 1.98. The Labute approximate surface area is 110 Å². The zero-order valence-electron chi connectivity index (χ0n) is 11.7. The lowest BCUT2D eigenvalue weighted by atomic mass is 9.89. The fourth-order valence-electron chi connectivity index (χ4n) is 1.81. The summed E-state index contributed by atoms with van der Waals surface area (Å²) in [5.74, 6) is 0. The molecule has 0 saturated carbocycles. The van der Waals surface area contributed by atoms with Crippen LogP contribution in [0, 0.1) is 16.7 Å². The lowest BCUT2D eigenvalue weighted by Gasteiger charge is -2.14. The van der Waals surface area contributed by atoms with Crippen molar-refractivity contribution in [1.82, 2.24) is 15.1 Å². The van der Waals surface area contributed by atoms with Gasteiger partial charge in [-0.2, -0.15) is 10.4 Å². The maximum absolute atomic E-state index is 8.89. The van der Waals surface area contributed by atoms with Gasteiger partial charge in [0.2, 0.25) is 0 Å². The highest BCUT2D eigenvalue weighted by Crippen LogP contribution is 2.21. The highest BCUT2D eigenvalue weighted by molar-refractivity contribution is 4.98. The minimum atomic E-state index is -0.173. The predicted molar refractivity (Wildman–Crippen MR) is 73.0 cm³/mol. The van der Waals surface area contributed by atoms with Crippen molar-refractivity contribution in [3.63, 3.8) is 0 Å². The first kappa shape index (κ1) is 14.7. The number of unbranched alkanes of at least 4 members (excludes halogenated alkanes) is 1. The Morgan fingerprint density at radius 2 is 2.17 bits per heavy atom. The molecule has 0 aliphatic carbocycles. The van der Waals surface area contributed by atoms with Gasteiger partial charge < -0.3 is 5.32 Å². The molecule has 1 N–H and O–H groups in total. The summed E-state index contributed by atoms with van der Waals surface area (Å²) in [5.41, 5.74) is 0.962. The average molecular weight is 248 g/mol. The van der Waals surface area contributed by atoms with Crippen molar-refractivity contribution in [1.29, 1.82) is 5.26 Å². The van der Waals surface area contributed by atoms with Gasteiger partial charge in [0.1, 0.15) is 0 Å². The van der Waals surface area contributed by atoms with Crippen molar-refractivity contribution in [2.24, 2.45) is 12.5 Å². The smallest absolute Gasteiger partial charge is 0.0683 e. The molecule has 0 spiro atoms. The quantitative estimate of drug-likeness (QED) is 0.718. The third-order valence-electron chi connectivity index (χ3n) is 3.03. The van der Waals surface area contributed by atoms with Crippen LogP contribution in [0.2, 0.25) is 0 Å². The van der Waals surface area contributed by atoms with Crippen LogP contribution in [0.4, 0.5) is 0 Å². The largest absolute Gasteiger partial charge is 0.316 e. The number of nitrogens with one attached hydrogen (secondary N) is 1. The van der Waals surface area contributed by atoms with E-state index in [-0.39, 0.29) is 5.41 Å². The van der Waals surface area contributed by atoms with Crippen molar-refractivity contribution >= 4 is 0 Å². The molecule has 0 aliphatic heterocycles. The van der Waals surface area contributed by atoms with Gasteiger partial charge in [0.25, 0.3) is 0 Å². The van der Waals surface area contributed by atoms with Gasteiger partial charge in [-0.25, -0.2) is 0 Å². The standard InChI is InChI=1S/C14H24N4/c1-14(2,12-15)8-4-5-9-16-10-6-13-7-11-18(3)17-13/h7,11,16H,4-6,8-10H2,1-3H3. The van der Waals surface area contributed by atoms with E-state index in [0.29, 0.717) is 0 Å². The molecule has 18 heavy (non-hydrogen) atoms. The van der Waals surface area contributed by atoms with Crippen LogP contribution in [0.25, 0.3) is 0 Å². The van der Waals surface area contributed by atoms with E-state index in [1.165, 1.54) is 0 Å². The Hall–Kier alpha value is -1.34. The number of nitrogens with zero attached hydrogens (tertiary/aromatic N) is 3. The zero-order chi connectivity index (χ0) is 13.4. The minimum absolute atomic E-state index is 0.173. The number of aryl methyl sites for hydroxylation is 1. The van der Waals surface area contributed by atoms with Crippen LogP contribution in [0.3, 0.4) is 0 Å². The third kappa shape index (κ3) is 5.83. The Morgan fingerprint density at radius 1 is 1.39 bits per heavy atom. The molecule has 1 heterocycles. The van der Waals surface area contributed by atoms with Crippen LogP contribution in [-0.4, -0.2) is 22.9 Å². The summed E-state index contributed by atoms with van der Waals surface area (Å²) in [7, 11) is 1.94. The molecule has 0 bridgehead atoms. The molecule has 0 aliphatic rings. The van der Waals surface area contributed by atoms with Gasteiger partial charge in [0.15, 0.2) is 0 Å². The van der Waals surface area contributed by atoms with E-state index >= 15 is 0 Å². The molecule has 4 heteroatoms. The topological polar surface area (TPSA) is 53.6 Å². The summed E-state index contributed by atoms with van der Waals surface area (Å²) < 4.78 is 1.83. The van der Waals surface area contributed by atoms with Crippen molar-refractivity contribution in [3.8, 4) is 6.07 Å². The summed E-state index contributed by atoms with van der Waals surface area (Å²) in [6.45, 7) is 6.00. The van der Waals surface area contributed by atoms with Crippen molar-refractivity contribution in [3.05, 3.63) is 18.0 Å². The van der Waals surface area contributed by atoms with Crippen LogP contribution < -0.4 is 5.32 Å². The molecule has 0 atom stereocenters. The van der Waals surface area contributed by atoms with Gasteiger partial charge in [0.05, 0.1) is 17.2 Å². The zero-order valence-corrected chi connectivity index (χ0v) is 11.7. The van der Waals surface area contributed by atoms with E-state index in [9.17, 15) is 0 Å². The molecule has 0 radical (unpaired) electrons. The molecule has 0 aromatic carbocycles. The molecule has 0 fully saturated rings. The first-order valence-corrected chi connectivity index (χ1v) is 6.64. The Kier molecular flexibility index (Phi) is 5.87. The molecule has 4 nitrogen and oxygen atoms in total. The average Bonchev–Trinajstić information content (AvgIpc) is 2.74. The molecule has 1 aromatic heterocycles. The van der Waals surface area contributed by atoms with Gasteiger partial charge in [-0.1, -0.05) is 6.42 Å². The summed E-state index contributed by atoms with van der Waals surface area (Å²) >= 11 is 0. The van der Waals surface area contributed by atoms with E-state index in [0.717, 1.165) is 44.5 Å². The molecule has 0 amide bonds. The van der Waals surface area contributed by atoms with Crippen molar-refractivity contribution in [2.75, 3.05) is 13.1 Å². The van der Waals surface area contributed by atoms with Gasteiger partial charge in [-0.05, 0) is 39.3 Å². The maximum atomic E-state index is 8.89. The molecular weight excluding hydrogens is 224 g/mol. The molecule has 1 aromatic rings. The summed E-state index contributed by atoms with van der Waals surface area (Å²) in [6.07, 6.45) is 6.17. The SMILES string of the molecule is Cn1ccc(CCNCCCCC(C)(C)C#N)n1. The fraction of sp³-hybridized carbons (Fsp3) is 0.714. The van der Waals surface area contributed by atoms with E-state index in [1.54, 1.807) is 0 Å². The van der Waals surface area contributed by atoms with Crippen LogP contribution >= 0.6 is 0 Å². The molecular formula is C14H24N4. The van der Waals surface area contributed by atoms with Gasteiger partial charge in [-0.3, -0.25) is 4.68 Å². The first-order valence-electron chi connectivity index (χ1n) is 6.64. The number of aromatic nitrogens is 2. The van der Waals surface area contributed by atoms with Crippen LogP contribution in [0.5, 0.6) is 0 Å². The summed E-state index contributed by atoms with van der Waals surface area (Å²) in [4.78, 5) is 0. The number of hydrogen-bond acceptors (Lipinski definition) is 3. The van der Waals surface area contributed by atoms with Crippen LogP contribution in [0.15, 0.2) is 12.3 Å². The van der Waals surface area contributed by atoms with Gasteiger partial charge in [-0.15, -0.1) is 0 Å².